The second-order valence-electron chi connectivity index (χ2n) is 8.52. The molecule has 0 bridgehead atoms. The van der Waals surface area contributed by atoms with E-state index in [2.05, 4.69) is 18.7 Å². The molecule has 2 saturated heterocycles. The molecule has 2 fully saturated rings. The van der Waals surface area contributed by atoms with Crippen molar-refractivity contribution >= 4 is 11.7 Å². The van der Waals surface area contributed by atoms with Crippen LogP contribution in [-0.4, -0.2) is 66.4 Å². The molecule has 1 aromatic carbocycles. The van der Waals surface area contributed by atoms with Gasteiger partial charge in [-0.25, -0.2) is 4.39 Å². The SMILES string of the molecule is CC(C)CN1CC2(CCN(CCCC(=O)c3ccc(F)cc3)CC2)OCC1=O. The summed E-state index contributed by atoms with van der Waals surface area (Å²) in [6, 6.07) is 5.75. The predicted molar refractivity (Wildman–Crippen MR) is 106 cm³/mol. The number of nitrogens with zero attached hydrogens (tertiary/aromatic N) is 2. The van der Waals surface area contributed by atoms with Crippen molar-refractivity contribution in [2.24, 2.45) is 5.92 Å². The van der Waals surface area contributed by atoms with Gasteiger partial charge in [0.25, 0.3) is 0 Å². The molecule has 0 atom stereocenters. The number of Topliss-reactive ketones (excluding diaryl/α,β-unsaturated/α-hetero) is 1. The van der Waals surface area contributed by atoms with Gasteiger partial charge >= 0.3 is 0 Å². The Morgan fingerprint density at radius 2 is 1.89 bits per heavy atom. The van der Waals surface area contributed by atoms with Gasteiger partial charge in [0.2, 0.25) is 5.91 Å². The molecule has 2 aliphatic rings. The van der Waals surface area contributed by atoms with E-state index in [1.54, 1.807) is 12.1 Å². The Kier molecular flexibility index (Phi) is 6.83. The third-order valence-electron chi connectivity index (χ3n) is 5.73. The Hall–Kier alpha value is -1.79. The maximum atomic E-state index is 13.0. The number of rotatable bonds is 7. The zero-order chi connectivity index (χ0) is 20.1. The molecule has 0 N–H and O–H groups in total. The number of benzene rings is 1. The number of ether oxygens (including phenoxy) is 1. The number of hydrogen-bond donors (Lipinski definition) is 0. The van der Waals surface area contributed by atoms with E-state index in [0.717, 1.165) is 45.4 Å². The van der Waals surface area contributed by atoms with Crippen LogP contribution in [0.15, 0.2) is 24.3 Å². The number of ketones is 1. The van der Waals surface area contributed by atoms with Crippen molar-refractivity contribution in [3.8, 4) is 0 Å². The average Bonchev–Trinajstić information content (AvgIpc) is 2.67. The average molecular weight is 390 g/mol. The largest absolute Gasteiger partial charge is 0.363 e. The molecule has 2 heterocycles. The fraction of sp³-hybridized carbons (Fsp3) is 0.636. The first-order valence-corrected chi connectivity index (χ1v) is 10.3. The van der Waals surface area contributed by atoms with Crippen LogP contribution >= 0.6 is 0 Å². The minimum Gasteiger partial charge on any atom is -0.363 e. The van der Waals surface area contributed by atoms with E-state index in [4.69, 9.17) is 4.74 Å². The number of morpholine rings is 1. The molecule has 0 radical (unpaired) electrons. The minimum atomic E-state index is -0.322. The molecule has 0 aromatic heterocycles. The van der Waals surface area contributed by atoms with E-state index in [1.165, 1.54) is 12.1 Å². The molecule has 2 aliphatic heterocycles. The summed E-state index contributed by atoms with van der Waals surface area (Å²) in [4.78, 5) is 28.6. The van der Waals surface area contributed by atoms with E-state index in [1.807, 2.05) is 4.90 Å². The van der Waals surface area contributed by atoms with Crippen molar-refractivity contribution in [2.75, 3.05) is 39.3 Å². The molecule has 5 nitrogen and oxygen atoms in total. The van der Waals surface area contributed by atoms with Crippen molar-refractivity contribution in [1.82, 2.24) is 9.80 Å². The minimum absolute atomic E-state index is 0.0620. The van der Waals surface area contributed by atoms with Crippen molar-refractivity contribution in [1.29, 1.82) is 0 Å². The summed E-state index contributed by atoms with van der Waals surface area (Å²) < 4.78 is 18.9. The van der Waals surface area contributed by atoms with Crippen molar-refractivity contribution < 1.29 is 18.7 Å². The van der Waals surface area contributed by atoms with Gasteiger partial charge < -0.3 is 14.5 Å². The topological polar surface area (TPSA) is 49.9 Å². The first kappa shape index (κ1) is 20.9. The summed E-state index contributed by atoms with van der Waals surface area (Å²) in [6.07, 6.45) is 3.10. The third kappa shape index (κ3) is 5.39. The summed E-state index contributed by atoms with van der Waals surface area (Å²) in [5, 5.41) is 0. The van der Waals surface area contributed by atoms with E-state index >= 15 is 0 Å². The molecule has 1 spiro atoms. The Balaban J connectivity index is 1.42. The lowest BCUT2D eigenvalue weighted by Gasteiger charge is -2.47. The van der Waals surface area contributed by atoms with Gasteiger partial charge in [0.1, 0.15) is 12.4 Å². The quantitative estimate of drug-likeness (QED) is 0.671. The first-order chi connectivity index (χ1) is 13.4. The molecule has 0 saturated carbocycles. The lowest BCUT2D eigenvalue weighted by atomic mass is 9.88. The second kappa shape index (κ2) is 9.14. The van der Waals surface area contributed by atoms with Crippen LogP contribution in [0.2, 0.25) is 0 Å². The van der Waals surface area contributed by atoms with Gasteiger partial charge in [-0.2, -0.15) is 0 Å². The van der Waals surface area contributed by atoms with Crippen LogP contribution in [-0.2, 0) is 9.53 Å². The highest BCUT2D eigenvalue weighted by Gasteiger charge is 2.42. The molecular weight excluding hydrogens is 359 g/mol. The lowest BCUT2D eigenvalue weighted by Crippen LogP contribution is -2.59. The predicted octanol–water partition coefficient (Wildman–Crippen LogP) is 3.14. The highest BCUT2D eigenvalue weighted by Crippen LogP contribution is 2.31. The fourth-order valence-corrected chi connectivity index (χ4v) is 4.12. The zero-order valence-electron chi connectivity index (χ0n) is 17.0. The number of amides is 1. The monoisotopic (exact) mass is 390 g/mol. The summed E-state index contributed by atoms with van der Waals surface area (Å²) in [7, 11) is 0. The summed E-state index contributed by atoms with van der Waals surface area (Å²) in [6.45, 7) is 8.66. The van der Waals surface area contributed by atoms with E-state index < -0.39 is 0 Å². The number of hydrogen-bond acceptors (Lipinski definition) is 4. The van der Waals surface area contributed by atoms with Crippen LogP contribution in [0.4, 0.5) is 4.39 Å². The molecule has 1 aromatic rings. The number of piperidine rings is 1. The normalized spacial score (nSPS) is 20.1. The summed E-state index contributed by atoms with van der Waals surface area (Å²) in [5.74, 6) is 0.295. The summed E-state index contributed by atoms with van der Waals surface area (Å²) in [5.41, 5.74) is 0.368. The Bertz CT molecular complexity index is 682. The van der Waals surface area contributed by atoms with Crippen LogP contribution < -0.4 is 0 Å². The van der Waals surface area contributed by atoms with Gasteiger partial charge in [-0.1, -0.05) is 13.8 Å². The molecule has 154 valence electrons. The Morgan fingerprint density at radius 3 is 2.54 bits per heavy atom. The van der Waals surface area contributed by atoms with Crippen LogP contribution in [0.1, 0.15) is 49.9 Å². The fourth-order valence-electron chi connectivity index (χ4n) is 4.12. The Morgan fingerprint density at radius 1 is 1.21 bits per heavy atom. The van der Waals surface area contributed by atoms with Crippen molar-refractivity contribution in [3.05, 3.63) is 35.6 Å². The molecule has 1 amide bonds. The van der Waals surface area contributed by atoms with Gasteiger partial charge in [0.15, 0.2) is 5.78 Å². The van der Waals surface area contributed by atoms with E-state index in [-0.39, 0.29) is 29.7 Å². The van der Waals surface area contributed by atoms with Crippen LogP contribution in [0, 0.1) is 11.7 Å². The zero-order valence-corrected chi connectivity index (χ0v) is 17.0. The molecule has 6 heteroatoms. The second-order valence-corrected chi connectivity index (χ2v) is 8.52. The van der Waals surface area contributed by atoms with Gasteiger partial charge in [-0.05, 0) is 56.0 Å². The van der Waals surface area contributed by atoms with Crippen LogP contribution in [0.25, 0.3) is 0 Å². The first-order valence-electron chi connectivity index (χ1n) is 10.3. The van der Waals surface area contributed by atoms with E-state index in [0.29, 0.717) is 24.4 Å². The van der Waals surface area contributed by atoms with Gasteiger partial charge in [0.05, 0.1) is 5.60 Å². The molecule has 28 heavy (non-hydrogen) atoms. The number of carbonyl (C=O) groups excluding carboxylic acids is 2. The van der Waals surface area contributed by atoms with Gasteiger partial charge in [0, 0.05) is 38.2 Å². The molecular formula is C22H31FN2O3. The van der Waals surface area contributed by atoms with Crippen LogP contribution in [0.3, 0.4) is 0 Å². The third-order valence-corrected chi connectivity index (χ3v) is 5.73. The smallest absolute Gasteiger partial charge is 0.248 e. The Labute approximate surface area is 166 Å². The molecule has 3 rings (SSSR count). The van der Waals surface area contributed by atoms with Gasteiger partial charge in [-0.15, -0.1) is 0 Å². The maximum Gasteiger partial charge on any atom is 0.248 e. The van der Waals surface area contributed by atoms with Crippen LogP contribution in [0.5, 0.6) is 0 Å². The lowest BCUT2D eigenvalue weighted by molar-refractivity contribution is -0.172. The van der Waals surface area contributed by atoms with Crippen molar-refractivity contribution in [3.63, 3.8) is 0 Å². The molecule has 0 aliphatic carbocycles. The van der Waals surface area contributed by atoms with E-state index in [9.17, 15) is 14.0 Å². The standard InChI is InChI=1S/C22H31FN2O3/c1-17(2)14-25-16-22(28-15-21(25)27)9-12-24(13-10-22)11-3-4-20(26)18-5-7-19(23)8-6-18/h5-8,17H,3-4,9-16H2,1-2H3. The maximum absolute atomic E-state index is 13.0. The van der Waals surface area contributed by atoms with Crippen molar-refractivity contribution in [2.45, 2.75) is 45.1 Å². The number of carbonyl (C=O) groups is 2. The highest BCUT2D eigenvalue weighted by molar-refractivity contribution is 5.95. The number of likely N-dealkylation sites (tertiary alicyclic amines) is 1. The van der Waals surface area contributed by atoms with Gasteiger partial charge in [-0.3, -0.25) is 9.59 Å². The number of halogens is 1. The highest BCUT2D eigenvalue weighted by atomic mass is 19.1. The summed E-state index contributed by atoms with van der Waals surface area (Å²) >= 11 is 0. The molecule has 0 unspecified atom stereocenters.